The highest BCUT2D eigenvalue weighted by Gasteiger charge is 2.31. The zero-order chi connectivity index (χ0) is 16.2. The van der Waals surface area contributed by atoms with Crippen LogP contribution in [-0.2, 0) is 0 Å². The van der Waals surface area contributed by atoms with E-state index in [1.165, 1.54) is 38.5 Å². The molecule has 1 heterocycles. The summed E-state index contributed by atoms with van der Waals surface area (Å²) in [7, 11) is 0. The summed E-state index contributed by atoms with van der Waals surface area (Å²) in [4.78, 5) is 13.5. The van der Waals surface area contributed by atoms with Gasteiger partial charge >= 0.3 is 6.03 Å². The van der Waals surface area contributed by atoms with E-state index >= 15 is 0 Å². The first-order valence-corrected chi connectivity index (χ1v) is 9.11. The van der Waals surface area contributed by atoms with Gasteiger partial charge < -0.3 is 16.0 Å². The molecule has 1 aliphatic heterocycles. The highest BCUT2D eigenvalue weighted by molar-refractivity contribution is 5.72. The minimum atomic E-state index is -0.261. The van der Waals surface area contributed by atoms with Crippen molar-refractivity contribution in [2.24, 2.45) is 23.0 Å². The summed E-state index contributed by atoms with van der Waals surface area (Å²) in [5.41, 5.74) is 5.86. The molecule has 4 nitrogen and oxygen atoms in total. The lowest BCUT2D eigenvalue weighted by Crippen LogP contribution is -2.53. The molecule has 22 heavy (non-hydrogen) atoms. The predicted octanol–water partition coefficient (Wildman–Crippen LogP) is 3.36. The molecule has 0 aromatic rings. The molecular formula is C18H35N3O. The van der Waals surface area contributed by atoms with Crippen LogP contribution >= 0.6 is 0 Å². The van der Waals surface area contributed by atoms with Gasteiger partial charge in [0.15, 0.2) is 0 Å². The molecule has 0 aromatic carbocycles. The molecule has 1 saturated heterocycles. The van der Waals surface area contributed by atoms with Crippen LogP contribution in [0.4, 0.5) is 4.79 Å². The van der Waals surface area contributed by atoms with Gasteiger partial charge in [-0.2, -0.15) is 0 Å². The molecule has 128 valence electrons. The van der Waals surface area contributed by atoms with Gasteiger partial charge in [-0.3, -0.25) is 0 Å². The zero-order valence-corrected chi connectivity index (χ0v) is 14.7. The van der Waals surface area contributed by atoms with Crippen LogP contribution in [0.1, 0.15) is 65.7 Å². The molecule has 2 fully saturated rings. The second-order valence-electron chi connectivity index (χ2n) is 8.72. The maximum atomic E-state index is 11.6. The maximum Gasteiger partial charge on any atom is 0.314 e. The van der Waals surface area contributed by atoms with Crippen LogP contribution in [0.25, 0.3) is 0 Å². The normalized spacial score (nSPS) is 27.9. The lowest BCUT2D eigenvalue weighted by molar-refractivity contribution is 0.127. The second kappa shape index (κ2) is 7.67. The number of nitrogens with two attached hydrogens (primary N) is 1. The van der Waals surface area contributed by atoms with Gasteiger partial charge in [0, 0.05) is 19.1 Å². The molecule has 2 aliphatic rings. The first kappa shape index (κ1) is 17.6. The molecule has 2 amide bonds. The van der Waals surface area contributed by atoms with Crippen molar-refractivity contribution in [3.8, 4) is 0 Å². The molecule has 0 spiro atoms. The summed E-state index contributed by atoms with van der Waals surface area (Å²) in [6.07, 6.45) is 9.23. The summed E-state index contributed by atoms with van der Waals surface area (Å²) < 4.78 is 0. The minimum absolute atomic E-state index is 0.261. The Hall–Kier alpha value is -0.770. The van der Waals surface area contributed by atoms with Gasteiger partial charge in [-0.25, -0.2) is 4.79 Å². The lowest BCUT2D eigenvalue weighted by atomic mass is 9.80. The molecule has 1 saturated carbocycles. The number of primary amides is 1. The molecule has 2 rings (SSSR count). The first-order chi connectivity index (χ1) is 10.3. The van der Waals surface area contributed by atoms with E-state index in [-0.39, 0.29) is 6.03 Å². The molecule has 3 N–H and O–H groups in total. The highest BCUT2D eigenvalue weighted by Crippen LogP contribution is 2.30. The third kappa shape index (κ3) is 5.79. The zero-order valence-electron chi connectivity index (χ0n) is 14.7. The number of likely N-dealkylation sites (tertiary alicyclic amines) is 1. The van der Waals surface area contributed by atoms with Crippen molar-refractivity contribution >= 4 is 6.03 Å². The van der Waals surface area contributed by atoms with Crippen molar-refractivity contribution in [2.45, 2.75) is 71.8 Å². The van der Waals surface area contributed by atoms with Gasteiger partial charge in [-0.05, 0) is 49.5 Å². The van der Waals surface area contributed by atoms with Gasteiger partial charge in [-0.15, -0.1) is 0 Å². The summed E-state index contributed by atoms with van der Waals surface area (Å²) in [6, 6.07) is 0.151. The Kier molecular flexibility index (Phi) is 6.13. The van der Waals surface area contributed by atoms with Crippen molar-refractivity contribution in [3.05, 3.63) is 0 Å². The van der Waals surface area contributed by atoms with E-state index in [4.69, 9.17) is 5.73 Å². The fourth-order valence-corrected chi connectivity index (χ4v) is 4.27. The SMILES string of the molecule is CC(C)(C)CC1CC(NCC2CCCCC2)CN(C(N)=O)C1. The Morgan fingerprint density at radius 3 is 2.41 bits per heavy atom. The van der Waals surface area contributed by atoms with Crippen LogP contribution in [-0.4, -0.2) is 36.6 Å². The summed E-state index contributed by atoms with van der Waals surface area (Å²) in [5.74, 6) is 1.39. The fourth-order valence-electron chi connectivity index (χ4n) is 4.27. The van der Waals surface area contributed by atoms with E-state index in [9.17, 15) is 4.79 Å². The van der Waals surface area contributed by atoms with Crippen molar-refractivity contribution in [1.82, 2.24) is 10.2 Å². The summed E-state index contributed by atoms with van der Waals surface area (Å²) in [5, 5.41) is 3.74. The summed E-state index contributed by atoms with van der Waals surface area (Å²) in [6.45, 7) is 9.55. The number of piperidine rings is 1. The topological polar surface area (TPSA) is 58.4 Å². The summed E-state index contributed by atoms with van der Waals surface area (Å²) >= 11 is 0. The number of urea groups is 1. The fraction of sp³-hybridized carbons (Fsp3) is 0.944. The van der Waals surface area contributed by atoms with Crippen molar-refractivity contribution in [1.29, 1.82) is 0 Å². The molecule has 0 bridgehead atoms. The van der Waals surface area contributed by atoms with Gasteiger partial charge in [-0.1, -0.05) is 40.0 Å². The third-order valence-electron chi connectivity index (χ3n) is 5.17. The van der Waals surface area contributed by atoms with Crippen LogP contribution in [0.3, 0.4) is 0 Å². The number of rotatable bonds is 4. The van der Waals surface area contributed by atoms with Gasteiger partial charge in [0.1, 0.15) is 0 Å². The van der Waals surface area contributed by atoms with E-state index in [1.54, 1.807) is 0 Å². The van der Waals surface area contributed by atoms with Crippen LogP contribution in [0.15, 0.2) is 0 Å². The van der Waals surface area contributed by atoms with E-state index in [2.05, 4.69) is 26.1 Å². The van der Waals surface area contributed by atoms with E-state index in [0.717, 1.165) is 32.0 Å². The van der Waals surface area contributed by atoms with Crippen LogP contribution < -0.4 is 11.1 Å². The second-order valence-corrected chi connectivity index (χ2v) is 8.72. The lowest BCUT2D eigenvalue weighted by Gasteiger charge is -2.40. The number of carbonyl (C=O) groups is 1. The predicted molar refractivity (Wildman–Crippen MR) is 91.7 cm³/mol. The van der Waals surface area contributed by atoms with E-state index in [0.29, 0.717) is 17.4 Å². The Morgan fingerprint density at radius 1 is 1.14 bits per heavy atom. The molecule has 0 aromatic heterocycles. The van der Waals surface area contributed by atoms with Crippen LogP contribution in [0, 0.1) is 17.3 Å². The Morgan fingerprint density at radius 2 is 1.82 bits per heavy atom. The minimum Gasteiger partial charge on any atom is -0.351 e. The molecule has 4 heteroatoms. The van der Waals surface area contributed by atoms with Crippen molar-refractivity contribution in [3.63, 3.8) is 0 Å². The highest BCUT2D eigenvalue weighted by atomic mass is 16.2. The average molecular weight is 309 g/mol. The van der Waals surface area contributed by atoms with E-state index in [1.807, 2.05) is 4.90 Å². The van der Waals surface area contributed by atoms with Gasteiger partial charge in [0.25, 0.3) is 0 Å². The van der Waals surface area contributed by atoms with Gasteiger partial charge in [0.2, 0.25) is 0 Å². The van der Waals surface area contributed by atoms with Crippen molar-refractivity contribution < 1.29 is 4.79 Å². The Balaban J connectivity index is 1.86. The Bertz CT molecular complexity index is 358. The smallest absolute Gasteiger partial charge is 0.314 e. The monoisotopic (exact) mass is 309 g/mol. The molecule has 0 radical (unpaired) electrons. The number of hydrogen-bond donors (Lipinski definition) is 2. The maximum absolute atomic E-state index is 11.6. The van der Waals surface area contributed by atoms with E-state index < -0.39 is 0 Å². The molecular weight excluding hydrogens is 274 g/mol. The standard InChI is InChI=1S/C18H35N3O/c1-18(2,3)10-15-9-16(13-21(12-15)17(19)22)20-11-14-7-5-4-6-8-14/h14-16,20H,4-13H2,1-3H3,(H2,19,22). The number of nitrogens with one attached hydrogen (secondary N) is 1. The van der Waals surface area contributed by atoms with Crippen molar-refractivity contribution in [2.75, 3.05) is 19.6 Å². The largest absolute Gasteiger partial charge is 0.351 e. The molecule has 2 unspecified atom stereocenters. The number of carbonyl (C=O) groups excluding carboxylic acids is 1. The molecule has 2 atom stereocenters. The van der Waals surface area contributed by atoms with Crippen LogP contribution in [0.2, 0.25) is 0 Å². The third-order valence-corrected chi connectivity index (χ3v) is 5.17. The average Bonchev–Trinajstić information content (AvgIpc) is 2.44. The number of amides is 2. The first-order valence-electron chi connectivity index (χ1n) is 9.11. The van der Waals surface area contributed by atoms with Crippen LogP contribution in [0.5, 0.6) is 0 Å². The number of hydrogen-bond acceptors (Lipinski definition) is 2. The Labute approximate surface area is 136 Å². The quantitative estimate of drug-likeness (QED) is 0.836. The van der Waals surface area contributed by atoms with Gasteiger partial charge in [0.05, 0.1) is 0 Å². The number of nitrogens with zero attached hydrogens (tertiary/aromatic N) is 1. The molecule has 1 aliphatic carbocycles.